The molecule has 1 aromatic rings. The van der Waals surface area contributed by atoms with Crippen molar-refractivity contribution >= 4 is 29.4 Å². The summed E-state index contributed by atoms with van der Waals surface area (Å²) in [6.07, 6.45) is 1.85. The van der Waals surface area contributed by atoms with E-state index in [9.17, 15) is 4.79 Å². The Labute approximate surface area is 117 Å². The van der Waals surface area contributed by atoms with E-state index in [0.717, 1.165) is 19.4 Å². The Balaban J connectivity index is 2.52. The molecule has 8 heteroatoms. The average Bonchev–Trinajstić information content (AvgIpc) is 2.40. The number of nitrogens with zero attached hydrogens (tertiary/aromatic N) is 3. The highest BCUT2D eigenvalue weighted by Gasteiger charge is 2.06. The average molecular weight is 287 g/mol. The molecule has 0 saturated heterocycles. The Hall–Kier alpha value is -1.63. The van der Waals surface area contributed by atoms with Crippen molar-refractivity contribution in [2.45, 2.75) is 26.7 Å². The largest absolute Gasteiger partial charge is 0.355 e. The van der Waals surface area contributed by atoms with Gasteiger partial charge in [-0.2, -0.15) is 15.0 Å². The van der Waals surface area contributed by atoms with Gasteiger partial charge < -0.3 is 16.0 Å². The second-order valence-corrected chi connectivity index (χ2v) is 4.22. The number of rotatable bonds is 8. The normalized spacial score (nSPS) is 10.1. The number of carbonyl (C=O) groups excluding carboxylic acids is 1. The van der Waals surface area contributed by atoms with Gasteiger partial charge in [-0.3, -0.25) is 4.79 Å². The Morgan fingerprint density at radius 2 is 1.68 bits per heavy atom. The van der Waals surface area contributed by atoms with Crippen molar-refractivity contribution in [1.82, 2.24) is 20.3 Å². The van der Waals surface area contributed by atoms with Crippen molar-refractivity contribution < 1.29 is 4.79 Å². The first-order valence-electron chi connectivity index (χ1n) is 6.31. The molecule has 19 heavy (non-hydrogen) atoms. The summed E-state index contributed by atoms with van der Waals surface area (Å²) in [6.45, 7) is 5.53. The fraction of sp³-hybridized carbons (Fsp3) is 0.636. The van der Waals surface area contributed by atoms with Crippen LogP contribution in [0.3, 0.4) is 0 Å². The van der Waals surface area contributed by atoms with Crippen LogP contribution in [-0.2, 0) is 4.79 Å². The third-order valence-electron chi connectivity index (χ3n) is 2.12. The third-order valence-corrected chi connectivity index (χ3v) is 2.29. The molecule has 0 saturated carbocycles. The predicted molar refractivity (Wildman–Crippen MR) is 75.4 cm³/mol. The zero-order chi connectivity index (χ0) is 14.1. The molecule has 0 aliphatic rings. The van der Waals surface area contributed by atoms with E-state index < -0.39 is 0 Å². The van der Waals surface area contributed by atoms with Gasteiger partial charge in [0.2, 0.25) is 23.1 Å². The fourth-order valence-electron chi connectivity index (χ4n) is 1.23. The predicted octanol–water partition coefficient (Wildman–Crippen LogP) is 1.28. The van der Waals surface area contributed by atoms with Crippen LogP contribution in [0.4, 0.5) is 11.9 Å². The van der Waals surface area contributed by atoms with Crippen LogP contribution in [-0.4, -0.2) is 40.5 Å². The Bertz CT molecular complexity index is 414. The summed E-state index contributed by atoms with van der Waals surface area (Å²) >= 11 is 5.79. The van der Waals surface area contributed by atoms with Crippen LogP contribution in [0.1, 0.15) is 26.7 Å². The fourth-order valence-corrected chi connectivity index (χ4v) is 1.39. The molecule has 106 valence electrons. The van der Waals surface area contributed by atoms with Crippen LogP contribution in [0.5, 0.6) is 0 Å². The summed E-state index contributed by atoms with van der Waals surface area (Å²) in [6, 6.07) is 0. The first kappa shape index (κ1) is 15.4. The molecule has 0 aliphatic carbocycles. The number of aromatic nitrogens is 3. The number of hydrogen-bond acceptors (Lipinski definition) is 6. The van der Waals surface area contributed by atoms with Gasteiger partial charge in [-0.15, -0.1) is 0 Å². The molecule has 0 spiro atoms. The molecule has 0 unspecified atom stereocenters. The lowest BCUT2D eigenvalue weighted by Gasteiger charge is -2.08. The second-order valence-electron chi connectivity index (χ2n) is 3.88. The van der Waals surface area contributed by atoms with E-state index in [-0.39, 0.29) is 23.7 Å². The van der Waals surface area contributed by atoms with Crippen LogP contribution < -0.4 is 16.0 Å². The van der Waals surface area contributed by atoms with E-state index in [0.29, 0.717) is 12.5 Å². The Kier molecular flexibility index (Phi) is 6.88. The molecule has 0 aliphatic heterocycles. The molecular formula is C11H19ClN6O. The molecule has 0 aromatic carbocycles. The lowest BCUT2D eigenvalue weighted by atomic mass is 10.4. The van der Waals surface area contributed by atoms with E-state index >= 15 is 0 Å². The van der Waals surface area contributed by atoms with Gasteiger partial charge in [-0.05, 0) is 24.4 Å². The molecule has 1 amide bonds. The first-order chi connectivity index (χ1) is 9.15. The first-order valence-corrected chi connectivity index (χ1v) is 6.69. The minimum absolute atomic E-state index is 0.0880. The Morgan fingerprint density at radius 3 is 2.32 bits per heavy atom. The van der Waals surface area contributed by atoms with Crippen LogP contribution in [0, 0.1) is 0 Å². The lowest BCUT2D eigenvalue weighted by Crippen LogP contribution is -2.30. The van der Waals surface area contributed by atoms with Gasteiger partial charge >= 0.3 is 0 Å². The highest BCUT2D eigenvalue weighted by Crippen LogP contribution is 2.09. The SMILES string of the molecule is CCCNC(=O)CNc1nc(Cl)nc(NCCC)n1. The number of hydrogen-bond donors (Lipinski definition) is 3. The second kappa shape index (κ2) is 8.47. The number of anilines is 2. The number of amides is 1. The minimum Gasteiger partial charge on any atom is -0.355 e. The lowest BCUT2D eigenvalue weighted by molar-refractivity contribution is -0.119. The molecule has 7 nitrogen and oxygen atoms in total. The molecule has 1 rings (SSSR count). The molecule has 0 bridgehead atoms. The van der Waals surface area contributed by atoms with Gasteiger partial charge in [0, 0.05) is 13.1 Å². The van der Waals surface area contributed by atoms with E-state index in [1.807, 2.05) is 13.8 Å². The summed E-state index contributed by atoms with van der Waals surface area (Å²) in [4.78, 5) is 23.4. The molecular weight excluding hydrogens is 268 g/mol. The molecule has 3 N–H and O–H groups in total. The van der Waals surface area contributed by atoms with E-state index in [4.69, 9.17) is 11.6 Å². The summed E-state index contributed by atoms with van der Waals surface area (Å²) in [5, 5.41) is 8.66. The monoisotopic (exact) mass is 286 g/mol. The van der Waals surface area contributed by atoms with Crippen LogP contribution in [0.25, 0.3) is 0 Å². The number of halogens is 1. The van der Waals surface area contributed by atoms with E-state index in [2.05, 4.69) is 30.9 Å². The van der Waals surface area contributed by atoms with Gasteiger partial charge in [-0.25, -0.2) is 0 Å². The summed E-state index contributed by atoms with van der Waals surface area (Å²) in [5.41, 5.74) is 0. The van der Waals surface area contributed by atoms with Crippen molar-refractivity contribution in [3.8, 4) is 0 Å². The topological polar surface area (TPSA) is 91.8 Å². The molecule has 1 heterocycles. The van der Waals surface area contributed by atoms with Crippen LogP contribution >= 0.6 is 11.6 Å². The Morgan fingerprint density at radius 1 is 1.05 bits per heavy atom. The maximum absolute atomic E-state index is 11.4. The highest BCUT2D eigenvalue weighted by molar-refractivity contribution is 6.28. The van der Waals surface area contributed by atoms with Crippen molar-refractivity contribution in [3.05, 3.63) is 5.28 Å². The number of nitrogens with one attached hydrogen (secondary N) is 3. The summed E-state index contributed by atoms with van der Waals surface area (Å²) in [5.74, 6) is 0.574. The molecule has 1 aromatic heterocycles. The molecule has 0 atom stereocenters. The molecule has 0 radical (unpaired) electrons. The van der Waals surface area contributed by atoms with Crippen molar-refractivity contribution in [3.63, 3.8) is 0 Å². The van der Waals surface area contributed by atoms with Gasteiger partial charge in [0.1, 0.15) is 0 Å². The van der Waals surface area contributed by atoms with Crippen molar-refractivity contribution in [2.24, 2.45) is 0 Å². The minimum atomic E-state index is -0.110. The van der Waals surface area contributed by atoms with E-state index in [1.165, 1.54) is 0 Å². The quantitative estimate of drug-likeness (QED) is 0.667. The van der Waals surface area contributed by atoms with Gasteiger partial charge in [0.15, 0.2) is 0 Å². The number of carbonyl (C=O) groups is 1. The van der Waals surface area contributed by atoms with Gasteiger partial charge in [-0.1, -0.05) is 13.8 Å². The van der Waals surface area contributed by atoms with Crippen molar-refractivity contribution in [1.29, 1.82) is 0 Å². The van der Waals surface area contributed by atoms with Gasteiger partial charge in [0.05, 0.1) is 6.54 Å². The standard InChI is InChI=1S/C11H19ClN6O/c1-3-5-13-8(19)7-15-11-17-9(12)16-10(18-11)14-6-4-2/h3-7H2,1-2H3,(H,13,19)(H2,14,15,16,17,18). The van der Waals surface area contributed by atoms with Crippen molar-refractivity contribution in [2.75, 3.05) is 30.3 Å². The van der Waals surface area contributed by atoms with E-state index in [1.54, 1.807) is 0 Å². The maximum Gasteiger partial charge on any atom is 0.239 e. The smallest absolute Gasteiger partial charge is 0.239 e. The van der Waals surface area contributed by atoms with Crippen LogP contribution in [0.15, 0.2) is 0 Å². The maximum atomic E-state index is 11.4. The highest BCUT2D eigenvalue weighted by atomic mass is 35.5. The van der Waals surface area contributed by atoms with Gasteiger partial charge in [0.25, 0.3) is 0 Å². The summed E-state index contributed by atoms with van der Waals surface area (Å²) in [7, 11) is 0. The zero-order valence-electron chi connectivity index (χ0n) is 11.2. The molecule has 0 fully saturated rings. The zero-order valence-corrected chi connectivity index (χ0v) is 11.9. The summed E-state index contributed by atoms with van der Waals surface area (Å²) < 4.78 is 0. The van der Waals surface area contributed by atoms with Crippen LogP contribution in [0.2, 0.25) is 5.28 Å². The third kappa shape index (κ3) is 6.19.